The lowest BCUT2D eigenvalue weighted by molar-refractivity contribution is -0.0753. The molecule has 1 aliphatic rings. The molecule has 0 bridgehead atoms. The minimum atomic E-state index is -0.786. The molecule has 0 saturated heterocycles. The highest BCUT2D eigenvalue weighted by Gasteiger charge is 2.43. The van der Waals surface area contributed by atoms with Gasteiger partial charge in [0.15, 0.2) is 0 Å². The first-order valence-corrected chi connectivity index (χ1v) is 9.57. The van der Waals surface area contributed by atoms with Crippen molar-refractivity contribution in [2.24, 2.45) is 11.8 Å². The third-order valence-corrected chi connectivity index (χ3v) is 5.75. The van der Waals surface area contributed by atoms with E-state index in [0.29, 0.717) is 5.92 Å². The molecule has 0 heterocycles. The largest absolute Gasteiger partial charge is 0.497 e. The molecular weight excluding hydrogens is 358 g/mol. The molecule has 3 unspecified atom stereocenters. The molecule has 0 spiro atoms. The second kappa shape index (κ2) is 9.59. The van der Waals surface area contributed by atoms with Gasteiger partial charge in [-0.15, -0.1) is 12.4 Å². The summed E-state index contributed by atoms with van der Waals surface area (Å²) in [6.07, 6.45) is 3.99. The lowest BCUT2D eigenvalue weighted by Crippen LogP contribution is -2.45. The van der Waals surface area contributed by atoms with Gasteiger partial charge in [0, 0.05) is 12.5 Å². The van der Waals surface area contributed by atoms with Crippen LogP contribution in [0.1, 0.15) is 30.4 Å². The molecule has 27 heavy (non-hydrogen) atoms. The highest BCUT2D eigenvalue weighted by Crippen LogP contribution is 2.45. The van der Waals surface area contributed by atoms with Crippen LogP contribution in [0.25, 0.3) is 0 Å². The summed E-state index contributed by atoms with van der Waals surface area (Å²) >= 11 is 0. The molecule has 2 aromatic carbocycles. The fraction of sp³-hybridized carbons (Fsp3) is 0.478. The Bertz CT molecular complexity index is 707. The predicted octanol–water partition coefficient (Wildman–Crippen LogP) is 4.53. The van der Waals surface area contributed by atoms with E-state index >= 15 is 0 Å². The first-order valence-electron chi connectivity index (χ1n) is 9.57. The van der Waals surface area contributed by atoms with Gasteiger partial charge in [0.2, 0.25) is 0 Å². The average Bonchev–Trinajstić information content (AvgIpc) is 2.65. The molecular formula is C23H32ClNO2. The fourth-order valence-corrected chi connectivity index (χ4v) is 4.42. The Kier molecular flexibility index (Phi) is 7.72. The quantitative estimate of drug-likeness (QED) is 0.788. The van der Waals surface area contributed by atoms with Crippen molar-refractivity contribution in [3.05, 3.63) is 65.7 Å². The normalized spacial score (nSPS) is 25.1. The Morgan fingerprint density at radius 2 is 1.85 bits per heavy atom. The van der Waals surface area contributed by atoms with Gasteiger partial charge in [-0.25, -0.2) is 0 Å². The van der Waals surface area contributed by atoms with Gasteiger partial charge >= 0.3 is 0 Å². The van der Waals surface area contributed by atoms with Crippen molar-refractivity contribution in [2.75, 3.05) is 27.7 Å². The Morgan fingerprint density at radius 3 is 2.52 bits per heavy atom. The summed E-state index contributed by atoms with van der Waals surface area (Å²) in [6.45, 7) is 0.888. The summed E-state index contributed by atoms with van der Waals surface area (Å²) < 4.78 is 5.39. The van der Waals surface area contributed by atoms with Gasteiger partial charge in [0.25, 0.3) is 0 Å². The van der Waals surface area contributed by atoms with Gasteiger partial charge in [-0.05, 0) is 69.0 Å². The number of rotatable bonds is 6. The minimum Gasteiger partial charge on any atom is -0.497 e. The molecule has 0 radical (unpaired) electrons. The van der Waals surface area contributed by atoms with Crippen LogP contribution in [0.4, 0.5) is 0 Å². The van der Waals surface area contributed by atoms with Crippen LogP contribution < -0.4 is 4.74 Å². The number of nitrogens with zero attached hydrogens (tertiary/aromatic N) is 1. The van der Waals surface area contributed by atoms with Crippen molar-refractivity contribution in [3.8, 4) is 5.75 Å². The smallest absolute Gasteiger partial charge is 0.119 e. The summed E-state index contributed by atoms with van der Waals surface area (Å²) in [5.74, 6) is 1.64. The van der Waals surface area contributed by atoms with E-state index in [2.05, 4.69) is 49.3 Å². The van der Waals surface area contributed by atoms with Crippen LogP contribution in [0.5, 0.6) is 5.75 Å². The van der Waals surface area contributed by atoms with Crippen LogP contribution in [0.2, 0.25) is 0 Å². The zero-order valence-electron chi connectivity index (χ0n) is 16.6. The van der Waals surface area contributed by atoms with Gasteiger partial charge in [0.05, 0.1) is 12.7 Å². The van der Waals surface area contributed by atoms with Crippen molar-refractivity contribution in [2.45, 2.75) is 31.3 Å². The number of aliphatic hydroxyl groups is 1. The number of hydrogen-bond acceptors (Lipinski definition) is 3. The van der Waals surface area contributed by atoms with E-state index in [-0.39, 0.29) is 18.3 Å². The standard InChI is InChI=1S/C23H31NO2.ClH/c1-24(2)17-21-15-19(14-18-8-5-4-6-9-18)12-13-23(21,25)20-10-7-11-22(16-20)26-3;/h4-11,16,19,21,25H,12-15,17H2,1-3H3;1H. The van der Waals surface area contributed by atoms with Crippen LogP contribution in [0.15, 0.2) is 54.6 Å². The van der Waals surface area contributed by atoms with Gasteiger partial charge in [0.1, 0.15) is 5.75 Å². The van der Waals surface area contributed by atoms with E-state index in [0.717, 1.165) is 43.5 Å². The highest BCUT2D eigenvalue weighted by molar-refractivity contribution is 5.85. The maximum absolute atomic E-state index is 11.7. The molecule has 3 atom stereocenters. The molecule has 1 aliphatic carbocycles. The SMILES string of the molecule is COc1cccc(C2(O)CCC(Cc3ccccc3)CC2CN(C)C)c1.Cl. The highest BCUT2D eigenvalue weighted by atomic mass is 35.5. The van der Waals surface area contributed by atoms with Gasteiger partial charge in [-0.1, -0.05) is 42.5 Å². The average molecular weight is 390 g/mol. The van der Waals surface area contributed by atoms with Crippen molar-refractivity contribution in [1.82, 2.24) is 4.90 Å². The van der Waals surface area contributed by atoms with Crippen LogP contribution in [0, 0.1) is 11.8 Å². The van der Waals surface area contributed by atoms with E-state index in [9.17, 15) is 5.11 Å². The van der Waals surface area contributed by atoms with Gasteiger partial charge in [-0.2, -0.15) is 0 Å². The van der Waals surface area contributed by atoms with E-state index in [4.69, 9.17) is 4.74 Å². The molecule has 0 aromatic heterocycles. The summed E-state index contributed by atoms with van der Waals surface area (Å²) in [4.78, 5) is 2.20. The molecule has 1 N–H and O–H groups in total. The molecule has 148 valence electrons. The van der Waals surface area contributed by atoms with Gasteiger partial charge in [-0.3, -0.25) is 0 Å². The van der Waals surface area contributed by atoms with E-state index in [1.165, 1.54) is 5.56 Å². The lowest BCUT2D eigenvalue weighted by Gasteiger charge is -2.44. The maximum atomic E-state index is 11.7. The molecule has 3 nitrogen and oxygen atoms in total. The van der Waals surface area contributed by atoms with Crippen molar-refractivity contribution in [3.63, 3.8) is 0 Å². The zero-order valence-corrected chi connectivity index (χ0v) is 17.4. The van der Waals surface area contributed by atoms with Crippen LogP contribution in [0.3, 0.4) is 0 Å². The fourth-order valence-electron chi connectivity index (χ4n) is 4.42. The van der Waals surface area contributed by atoms with E-state index in [1.54, 1.807) is 7.11 Å². The summed E-state index contributed by atoms with van der Waals surface area (Å²) in [5.41, 5.74) is 1.60. The number of halogens is 1. The third kappa shape index (κ3) is 5.25. The van der Waals surface area contributed by atoms with Gasteiger partial charge < -0.3 is 14.7 Å². The molecule has 4 heteroatoms. The topological polar surface area (TPSA) is 32.7 Å². The monoisotopic (exact) mass is 389 g/mol. The second-order valence-corrected chi connectivity index (χ2v) is 7.95. The number of ether oxygens (including phenoxy) is 1. The van der Waals surface area contributed by atoms with Crippen molar-refractivity contribution < 1.29 is 9.84 Å². The lowest BCUT2D eigenvalue weighted by atomic mass is 9.66. The molecule has 0 amide bonds. The zero-order chi connectivity index (χ0) is 18.6. The second-order valence-electron chi connectivity index (χ2n) is 7.95. The van der Waals surface area contributed by atoms with Crippen LogP contribution in [-0.4, -0.2) is 37.8 Å². The first-order chi connectivity index (χ1) is 12.5. The predicted molar refractivity (Wildman–Crippen MR) is 114 cm³/mol. The molecule has 1 fully saturated rings. The van der Waals surface area contributed by atoms with Crippen molar-refractivity contribution in [1.29, 1.82) is 0 Å². The molecule has 3 rings (SSSR count). The molecule has 2 aromatic rings. The first kappa shape index (κ1) is 21.7. The Labute approximate surface area is 169 Å². The Morgan fingerprint density at radius 1 is 1.11 bits per heavy atom. The van der Waals surface area contributed by atoms with E-state index < -0.39 is 5.60 Å². The van der Waals surface area contributed by atoms with E-state index in [1.807, 2.05) is 24.3 Å². The minimum absolute atomic E-state index is 0. The number of benzene rings is 2. The van der Waals surface area contributed by atoms with Crippen LogP contribution in [-0.2, 0) is 12.0 Å². The Hall–Kier alpha value is -1.55. The summed E-state index contributed by atoms with van der Waals surface area (Å²) in [6, 6.07) is 18.7. The third-order valence-electron chi connectivity index (χ3n) is 5.75. The maximum Gasteiger partial charge on any atom is 0.119 e. The summed E-state index contributed by atoms with van der Waals surface area (Å²) in [7, 11) is 5.86. The Balaban J connectivity index is 0.00000261. The molecule has 0 aliphatic heterocycles. The summed E-state index contributed by atoms with van der Waals surface area (Å²) in [5, 5.41) is 11.7. The van der Waals surface area contributed by atoms with Crippen molar-refractivity contribution >= 4 is 12.4 Å². The van der Waals surface area contributed by atoms with Crippen LogP contribution >= 0.6 is 12.4 Å². The molecule has 1 saturated carbocycles. The number of hydrogen-bond donors (Lipinski definition) is 1. The number of methoxy groups -OCH3 is 1.